The quantitative estimate of drug-likeness (QED) is 0.662. The van der Waals surface area contributed by atoms with Gasteiger partial charge in [0.1, 0.15) is 18.3 Å². The number of hydrogen-bond acceptors (Lipinski definition) is 6. The van der Waals surface area contributed by atoms with Gasteiger partial charge in [-0.2, -0.15) is 5.10 Å². The molecule has 1 atom stereocenters. The van der Waals surface area contributed by atoms with E-state index in [2.05, 4.69) is 11.7 Å². The first-order valence-electron chi connectivity index (χ1n) is 8.85. The number of ether oxygens (including phenoxy) is 1. The van der Waals surface area contributed by atoms with Crippen LogP contribution in [-0.4, -0.2) is 71.2 Å². The van der Waals surface area contributed by atoms with Gasteiger partial charge in [-0.1, -0.05) is 6.58 Å². The van der Waals surface area contributed by atoms with Crippen molar-refractivity contribution >= 4 is 31.6 Å². The summed E-state index contributed by atoms with van der Waals surface area (Å²) in [6.45, 7) is 6.02. The molecule has 1 aromatic carbocycles. The highest BCUT2D eigenvalue weighted by molar-refractivity contribution is 7.49. The van der Waals surface area contributed by atoms with Crippen molar-refractivity contribution in [3.63, 3.8) is 0 Å². The fourth-order valence-electron chi connectivity index (χ4n) is 3.10. The van der Waals surface area contributed by atoms with E-state index in [9.17, 15) is 23.5 Å². The highest BCUT2D eigenvalue weighted by Gasteiger charge is 2.37. The van der Waals surface area contributed by atoms with Gasteiger partial charge in [0.15, 0.2) is 0 Å². The van der Waals surface area contributed by atoms with Gasteiger partial charge in [0.2, 0.25) is 0 Å². The minimum atomic E-state index is -4.59. The second kappa shape index (κ2) is 8.02. The van der Waals surface area contributed by atoms with Crippen LogP contribution in [0, 0.1) is 5.82 Å². The van der Waals surface area contributed by atoms with E-state index in [1.54, 1.807) is 22.0 Å². The minimum Gasteiger partial charge on any atom is -0.442 e. The summed E-state index contributed by atoms with van der Waals surface area (Å²) in [4.78, 5) is 34.0. The molecule has 158 valence electrons. The Morgan fingerprint density at radius 2 is 2.17 bits per heavy atom. The summed E-state index contributed by atoms with van der Waals surface area (Å²) < 4.78 is 32.2. The first-order valence-corrected chi connectivity index (χ1v) is 10.4. The Kier molecular flexibility index (Phi) is 5.83. The van der Waals surface area contributed by atoms with E-state index >= 15 is 0 Å². The Hall–Kier alpha value is -2.62. The predicted octanol–water partition coefficient (Wildman–Crippen LogP) is 1.77. The molecule has 0 unspecified atom stereocenters. The molecule has 1 amide bonds. The zero-order valence-electron chi connectivity index (χ0n) is 16.1. The third-order valence-corrected chi connectivity index (χ3v) is 5.74. The summed E-state index contributed by atoms with van der Waals surface area (Å²) in [6.07, 6.45) is 0.0192. The van der Waals surface area contributed by atoms with Gasteiger partial charge in [0.25, 0.3) is 0 Å². The summed E-state index contributed by atoms with van der Waals surface area (Å²) in [7, 11) is -2.76. The summed E-state index contributed by atoms with van der Waals surface area (Å²) in [5.41, 5.74) is 0.782. The van der Waals surface area contributed by atoms with Crippen LogP contribution in [0.2, 0.25) is 0 Å². The average Bonchev–Trinajstić information content (AvgIpc) is 3.00. The molecule has 0 spiro atoms. The Morgan fingerprint density at radius 1 is 1.45 bits per heavy atom. The molecule has 1 saturated heterocycles. The molecular formula is C17H23FN5O5P. The van der Waals surface area contributed by atoms with E-state index in [4.69, 9.17) is 4.74 Å². The Labute approximate surface area is 167 Å². The van der Waals surface area contributed by atoms with Gasteiger partial charge in [-0.25, -0.2) is 13.8 Å². The molecule has 12 heteroatoms. The van der Waals surface area contributed by atoms with Crippen molar-refractivity contribution in [3.8, 4) is 0 Å². The first-order chi connectivity index (χ1) is 13.6. The number of hydrogen-bond donors (Lipinski definition) is 2. The number of likely N-dealkylation sites (N-methyl/N-ethyl adjacent to an activating group) is 1. The molecular weight excluding hydrogens is 404 g/mol. The lowest BCUT2D eigenvalue weighted by Gasteiger charge is -2.28. The number of hydrazone groups is 1. The van der Waals surface area contributed by atoms with Gasteiger partial charge in [-0.05, 0) is 25.1 Å². The van der Waals surface area contributed by atoms with Crippen molar-refractivity contribution in [1.29, 1.82) is 0 Å². The second-order valence-electron chi connectivity index (χ2n) is 6.89. The van der Waals surface area contributed by atoms with Crippen molar-refractivity contribution in [2.24, 2.45) is 5.10 Å². The van der Waals surface area contributed by atoms with Crippen LogP contribution in [0.4, 0.5) is 20.6 Å². The summed E-state index contributed by atoms with van der Waals surface area (Å²) in [6, 6.07) is 4.37. The molecule has 2 aliphatic heterocycles. The molecule has 0 bridgehead atoms. The van der Waals surface area contributed by atoms with Crippen molar-refractivity contribution in [1.82, 2.24) is 9.68 Å². The Balaban J connectivity index is 1.73. The number of amides is 1. The lowest BCUT2D eigenvalue weighted by atomic mass is 10.2. The number of halogens is 1. The van der Waals surface area contributed by atoms with Gasteiger partial charge < -0.3 is 19.4 Å². The lowest BCUT2D eigenvalue weighted by molar-refractivity contribution is 0.127. The molecule has 2 N–H and O–H groups in total. The van der Waals surface area contributed by atoms with Gasteiger partial charge in [-0.15, -0.1) is 0 Å². The highest BCUT2D eigenvalue weighted by atomic mass is 31.2. The molecule has 0 radical (unpaired) electrons. The molecule has 3 rings (SSSR count). The molecule has 1 aromatic rings. The summed E-state index contributed by atoms with van der Waals surface area (Å²) in [5, 5.41) is 5.86. The maximum Gasteiger partial charge on any atom is 0.429 e. The van der Waals surface area contributed by atoms with Crippen molar-refractivity contribution < 1.29 is 28.3 Å². The number of nitrogens with zero attached hydrogens (tertiary/aromatic N) is 5. The van der Waals surface area contributed by atoms with Crippen molar-refractivity contribution in [2.45, 2.75) is 13.0 Å². The summed E-state index contributed by atoms with van der Waals surface area (Å²) in [5.74, 6) is -0.520. The average molecular weight is 427 g/mol. The van der Waals surface area contributed by atoms with E-state index in [0.717, 1.165) is 4.67 Å². The number of allylic oxidation sites excluding steroid dienone is 1. The van der Waals surface area contributed by atoms with Crippen LogP contribution in [0.15, 0.2) is 35.6 Å². The topological polar surface area (TPSA) is 109 Å². The smallest absolute Gasteiger partial charge is 0.429 e. The molecule has 10 nitrogen and oxygen atoms in total. The molecule has 2 heterocycles. The predicted molar refractivity (Wildman–Crippen MR) is 106 cm³/mol. The number of carbonyl (C=O) groups excluding carboxylic acids is 1. The SMILES string of the molecule is C=C(C)N(C[C@H]1CN(c2ccc(N3C=NN(C)CC3)c(F)c2)C(=O)O1)P(=O)(O)O. The van der Waals surface area contributed by atoms with E-state index in [0.29, 0.717) is 24.5 Å². The first kappa shape index (κ1) is 21.1. The Morgan fingerprint density at radius 3 is 2.72 bits per heavy atom. The second-order valence-corrected chi connectivity index (χ2v) is 8.40. The molecule has 0 aromatic heterocycles. The van der Waals surface area contributed by atoms with Gasteiger partial charge in [0, 0.05) is 19.3 Å². The van der Waals surface area contributed by atoms with Crippen LogP contribution >= 0.6 is 7.75 Å². The van der Waals surface area contributed by atoms with Gasteiger partial charge >= 0.3 is 13.8 Å². The van der Waals surface area contributed by atoms with Crippen LogP contribution in [-0.2, 0) is 9.30 Å². The lowest BCUT2D eigenvalue weighted by Crippen LogP contribution is -2.36. The molecule has 1 fully saturated rings. The third-order valence-electron chi connectivity index (χ3n) is 4.61. The van der Waals surface area contributed by atoms with Gasteiger partial charge in [-0.3, -0.25) is 14.6 Å². The van der Waals surface area contributed by atoms with Crippen LogP contribution < -0.4 is 9.80 Å². The van der Waals surface area contributed by atoms with Crippen molar-refractivity contribution in [3.05, 3.63) is 36.3 Å². The third kappa shape index (κ3) is 4.69. The number of anilines is 2. The largest absolute Gasteiger partial charge is 0.442 e. The monoisotopic (exact) mass is 427 g/mol. The normalized spacial score (nSPS) is 19.6. The fourth-order valence-corrected chi connectivity index (χ4v) is 3.94. The van der Waals surface area contributed by atoms with E-state index < -0.39 is 25.8 Å². The number of rotatable bonds is 6. The maximum atomic E-state index is 14.7. The van der Waals surface area contributed by atoms with E-state index in [1.165, 1.54) is 24.2 Å². The molecule has 2 aliphatic rings. The van der Waals surface area contributed by atoms with Gasteiger partial charge in [0.05, 0.1) is 31.0 Å². The molecule has 0 saturated carbocycles. The van der Waals surface area contributed by atoms with Crippen LogP contribution in [0.3, 0.4) is 0 Å². The standard InChI is InChI=1S/C17H23FN5O5P/c1-12(2)23(29(25,26)27)10-14-9-22(17(24)28-14)13-4-5-16(15(18)8-13)21-7-6-20(3)19-11-21/h4-5,8,11,14H,1,6-7,9-10H2,2-3H3,(H2,25,26,27)/t14-/m1/s1. The number of carbonyl (C=O) groups is 1. The van der Waals surface area contributed by atoms with Crippen molar-refractivity contribution in [2.75, 3.05) is 43.0 Å². The zero-order valence-corrected chi connectivity index (χ0v) is 17.0. The highest BCUT2D eigenvalue weighted by Crippen LogP contribution is 2.43. The van der Waals surface area contributed by atoms with Crippen LogP contribution in [0.5, 0.6) is 0 Å². The zero-order chi connectivity index (χ0) is 21.3. The number of cyclic esters (lactones) is 1. The Bertz CT molecular complexity index is 891. The minimum absolute atomic E-state index is 0.0252. The number of benzene rings is 1. The fraction of sp³-hybridized carbons (Fsp3) is 0.412. The maximum absolute atomic E-state index is 14.7. The van der Waals surface area contributed by atoms with Crippen LogP contribution in [0.25, 0.3) is 0 Å². The van der Waals surface area contributed by atoms with E-state index in [1.807, 2.05) is 7.05 Å². The van der Waals surface area contributed by atoms with Crippen LogP contribution in [0.1, 0.15) is 6.92 Å². The molecule has 29 heavy (non-hydrogen) atoms. The van der Waals surface area contributed by atoms with E-state index in [-0.39, 0.29) is 18.8 Å². The summed E-state index contributed by atoms with van der Waals surface area (Å²) >= 11 is 0. The molecule has 0 aliphatic carbocycles.